The SMILES string of the molecule is CCC(CC)(CS)CN1CCOC2CCCCC21. The Morgan fingerprint density at radius 3 is 2.61 bits per heavy atom. The number of ether oxygens (including phenoxy) is 1. The number of nitrogens with zero attached hydrogens (tertiary/aromatic N) is 1. The molecule has 1 saturated heterocycles. The van der Waals surface area contributed by atoms with Crippen LogP contribution in [0, 0.1) is 5.41 Å². The van der Waals surface area contributed by atoms with Gasteiger partial charge in [0.2, 0.25) is 0 Å². The molecule has 0 radical (unpaired) electrons. The van der Waals surface area contributed by atoms with Gasteiger partial charge in [-0.05, 0) is 36.9 Å². The molecule has 18 heavy (non-hydrogen) atoms. The smallest absolute Gasteiger partial charge is 0.0730 e. The molecule has 2 rings (SSSR count). The van der Waals surface area contributed by atoms with E-state index in [0.717, 1.165) is 18.9 Å². The lowest BCUT2D eigenvalue weighted by atomic mass is 9.81. The van der Waals surface area contributed by atoms with Crippen molar-refractivity contribution in [3.63, 3.8) is 0 Å². The van der Waals surface area contributed by atoms with Gasteiger partial charge >= 0.3 is 0 Å². The van der Waals surface area contributed by atoms with E-state index < -0.39 is 0 Å². The molecule has 3 heteroatoms. The molecule has 2 unspecified atom stereocenters. The van der Waals surface area contributed by atoms with Crippen molar-refractivity contribution < 1.29 is 4.74 Å². The number of thiol groups is 1. The lowest BCUT2D eigenvalue weighted by Crippen LogP contribution is -2.55. The van der Waals surface area contributed by atoms with Gasteiger partial charge in [-0.15, -0.1) is 0 Å². The highest BCUT2D eigenvalue weighted by Crippen LogP contribution is 2.34. The van der Waals surface area contributed by atoms with Crippen LogP contribution in [-0.4, -0.2) is 42.5 Å². The van der Waals surface area contributed by atoms with Crippen LogP contribution in [0.1, 0.15) is 52.4 Å². The van der Waals surface area contributed by atoms with E-state index in [-0.39, 0.29) is 0 Å². The molecule has 2 atom stereocenters. The zero-order chi connectivity index (χ0) is 13.0. The molecule has 2 fully saturated rings. The summed E-state index contributed by atoms with van der Waals surface area (Å²) in [5, 5.41) is 0. The normalized spacial score (nSPS) is 30.2. The highest BCUT2D eigenvalue weighted by molar-refractivity contribution is 7.80. The van der Waals surface area contributed by atoms with Crippen LogP contribution in [0.15, 0.2) is 0 Å². The monoisotopic (exact) mass is 271 g/mol. The zero-order valence-electron chi connectivity index (χ0n) is 12.0. The standard InChI is InChI=1S/C15H29NOS/c1-3-15(4-2,12-18)11-16-9-10-17-14-8-6-5-7-13(14)16/h13-14,18H,3-12H2,1-2H3. The van der Waals surface area contributed by atoms with Crippen molar-refractivity contribution in [3.8, 4) is 0 Å². The molecule has 1 saturated carbocycles. The highest BCUT2D eigenvalue weighted by atomic mass is 32.1. The Labute approximate surface area is 118 Å². The average Bonchev–Trinajstić information content (AvgIpc) is 2.45. The van der Waals surface area contributed by atoms with E-state index in [1.165, 1.54) is 45.1 Å². The van der Waals surface area contributed by atoms with Crippen molar-refractivity contribution in [2.75, 3.05) is 25.4 Å². The number of morpholine rings is 1. The Kier molecular flexibility index (Phi) is 5.40. The van der Waals surface area contributed by atoms with E-state index in [1.54, 1.807) is 0 Å². The fraction of sp³-hybridized carbons (Fsp3) is 1.00. The Morgan fingerprint density at radius 1 is 1.22 bits per heavy atom. The molecule has 106 valence electrons. The van der Waals surface area contributed by atoms with Crippen LogP contribution in [-0.2, 0) is 4.74 Å². The molecular weight excluding hydrogens is 242 g/mol. The molecule has 0 spiro atoms. The minimum atomic E-state index is 0.405. The molecule has 0 aromatic carbocycles. The molecule has 0 aromatic rings. The summed E-state index contributed by atoms with van der Waals surface area (Å²) in [5.74, 6) is 1.01. The summed E-state index contributed by atoms with van der Waals surface area (Å²) >= 11 is 4.62. The van der Waals surface area contributed by atoms with Gasteiger partial charge < -0.3 is 4.74 Å². The first kappa shape index (κ1) is 14.7. The van der Waals surface area contributed by atoms with Gasteiger partial charge in [-0.1, -0.05) is 26.7 Å². The van der Waals surface area contributed by atoms with E-state index >= 15 is 0 Å². The van der Waals surface area contributed by atoms with Crippen molar-refractivity contribution in [2.45, 2.75) is 64.5 Å². The summed E-state index contributed by atoms with van der Waals surface area (Å²) in [6.07, 6.45) is 8.33. The first-order chi connectivity index (χ1) is 8.74. The lowest BCUT2D eigenvalue weighted by molar-refractivity contribution is -0.0979. The van der Waals surface area contributed by atoms with E-state index in [2.05, 4.69) is 31.4 Å². The summed E-state index contributed by atoms with van der Waals surface area (Å²) in [7, 11) is 0. The molecular formula is C15H29NOS. The fourth-order valence-electron chi connectivity index (χ4n) is 3.55. The van der Waals surface area contributed by atoms with Crippen LogP contribution >= 0.6 is 12.6 Å². The second-order valence-electron chi connectivity index (χ2n) is 6.10. The number of hydrogen-bond acceptors (Lipinski definition) is 3. The maximum atomic E-state index is 5.97. The molecule has 2 aliphatic rings. The van der Waals surface area contributed by atoms with E-state index in [9.17, 15) is 0 Å². The van der Waals surface area contributed by atoms with Gasteiger partial charge in [0.1, 0.15) is 0 Å². The minimum absolute atomic E-state index is 0.405. The van der Waals surface area contributed by atoms with Crippen molar-refractivity contribution in [2.24, 2.45) is 5.41 Å². The van der Waals surface area contributed by atoms with Crippen LogP contribution in [0.3, 0.4) is 0 Å². The van der Waals surface area contributed by atoms with Crippen LogP contribution in [0.4, 0.5) is 0 Å². The summed E-state index contributed by atoms with van der Waals surface area (Å²) in [6, 6.07) is 0.685. The fourth-order valence-corrected chi connectivity index (χ4v) is 4.10. The van der Waals surface area contributed by atoms with Gasteiger partial charge in [0.05, 0.1) is 12.7 Å². The van der Waals surface area contributed by atoms with Gasteiger partial charge in [0.15, 0.2) is 0 Å². The third-order valence-corrected chi connectivity index (χ3v) is 5.89. The Hall–Kier alpha value is 0.270. The molecule has 0 bridgehead atoms. The molecule has 1 heterocycles. The van der Waals surface area contributed by atoms with Crippen LogP contribution in [0.2, 0.25) is 0 Å². The second-order valence-corrected chi connectivity index (χ2v) is 6.41. The van der Waals surface area contributed by atoms with Crippen LogP contribution in [0.5, 0.6) is 0 Å². The zero-order valence-corrected chi connectivity index (χ0v) is 12.9. The van der Waals surface area contributed by atoms with Gasteiger partial charge in [-0.3, -0.25) is 4.90 Å². The minimum Gasteiger partial charge on any atom is -0.375 e. The summed E-state index contributed by atoms with van der Waals surface area (Å²) < 4.78 is 5.97. The maximum Gasteiger partial charge on any atom is 0.0730 e. The number of fused-ring (bicyclic) bond motifs is 1. The Bertz CT molecular complexity index is 245. The van der Waals surface area contributed by atoms with Gasteiger partial charge in [-0.25, -0.2) is 0 Å². The first-order valence-electron chi connectivity index (χ1n) is 7.71. The largest absolute Gasteiger partial charge is 0.375 e. The highest BCUT2D eigenvalue weighted by Gasteiger charge is 2.37. The van der Waals surface area contributed by atoms with Gasteiger partial charge in [0, 0.05) is 19.1 Å². The van der Waals surface area contributed by atoms with Crippen LogP contribution < -0.4 is 0 Å². The molecule has 1 aliphatic heterocycles. The third kappa shape index (κ3) is 3.05. The maximum absolute atomic E-state index is 5.97. The Morgan fingerprint density at radius 2 is 1.94 bits per heavy atom. The van der Waals surface area contributed by atoms with E-state index in [0.29, 0.717) is 17.6 Å². The molecule has 0 N–H and O–H groups in total. The molecule has 0 amide bonds. The summed E-state index contributed by atoms with van der Waals surface area (Å²) in [6.45, 7) is 7.90. The number of rotatable bonds is 5. The van der Waals surface area contributed by atoms with Crippen molar-refractivity contribution >= 4 is 12.6 Å². The van der Waals surface area contributed by atoms with E-state index in [1.807, 2.05) is 0 Å². The van der Waals surface area contributed by atoms with Crippen LogP contribution in [0.25, 0.3) is 0 Å². The van der Waals surface area contributed by atoms with Crippen molar-refractivity contribution in [3.05, 3.63) is 0 Å². The Balaban J connectivity index is 2.02. The van der Waals surface area contributed by atoms with E-state index in [4.69, 9.17) is 4.74 Å². The molecule has 0 aromatic heterocycles. The quantitative estimate of drug-likeness (QED) is 0.770. The van der Waals surface area contributed by atoms with Gasteiger partial charge in [-0.2, -0.15) is 12.6 Å². The first-order valence-corrected chi connectivity index (χ1v) is 8.34. The van der Waals surface area contributed by atoms with Crippen molar-refractivity contribution in [1.82, 2.24) is 4.90 Å². The molecule has 1 aliphatic carbocycles. The lowest BCUT2D eigenvalue weighted by Gasteiger charge is -2.47. The predicted molar refractivity (Wildman–Crippen MR) is 80.4 cm³/mol. The third-order valence-electron chi connectivity index (χ3n) is 5.22. The summed E-state index contributed by atoms with van der Waals surface area (Å²) in [4.78, 5) is 2.72. The second kappa shape index (κ2) is 6.62. The van der Waals surface area contributed by atoms with Crippen molar-refractivity contribution in [1.29, 1.82) is 0 Å². The summed E-state index contributed by atoms with van der Waals surface area (Å²) in [5.41, 5.74) is 0.405. The predicted octanol–water partition coefficient (Wildman–Crippen LogP) is 3.37. The van der Waals surface area contributed by atoms with Gasteiger partial charge in [0.25, 0.3) is 0 Å². The average molecular weight is 271 g/mol. The number of hydrogen-bond donors (Lipinski definition) is 1. The molecule has 2 nitrogen and oxygen atoms in total. The topological polar surface area (TPSA) is 12.5 Å².